The Kier molecular flexibility index (Phi) is 4.51. The molecule has 28 heavy (non-hydrogen) atoms. The van der Waals surface area contributed by atoms with Crippen molar-refractivity contribution in [3.63, 3.8) is 0 Å². The molecule has 0 atom stereocenters. The highest BCUT2D eigenvalue weighted by molar-refractivity contribution is 6.31. The highest BCUT2D eigenvalue weighted by Crippen LogP contribution is 2.16. The van der Waals surface area contributed by atoms with Gasteiger partial charge in [0, 0.05) is 22.8 Å². The minimum atomic E-state index is -0.653. The second-order valence-corrected chi connectivity index (χ2v) is 6.73. The van der Waals surface area contributed by atoms with Gasteiger partial charge in [-0.25, -0.2) is 4.68 Å². The fraction of sp³-hybridized carbons (Fsp3) is 0.0526. The van der Waals surface area contributed by atoms with E-state index in [4.69, 9.17) is 23.2 Å². The molecule has 4 aromatic rings. The highest BCUT2D eigenvalue weighted by Gasteiger charge is 2.14. The Balaban J connectivity index is 1.88. The van der Waals surface area contributed by atoms with Gasteiger partial charge in [-0.3, -0.25) is 24.5 Å². The third-order valence-corrected chi connectivity index (χ3v) is 4.68. The third kappa shape index (κ3) is 3.09. The van der Waals surface area contributed by atoms with Crippen LogP contribution in [0.1, 0.15) is 5.56 Å². The number of aromatic amines is 2. The molecule has 3 heterocycles. The molecule has 0 aliphatic carbocycles. The summed E-state index contributed by atoms with van der Waals surface area (Å²) in [6, 6.07) is 6.16. The molecular formula is C19H10Cl2N4O3. The van der Waals surface area contributed by atoms with Crippen LogP contribution >= 0.6 is 23.2 Å². The minimum Gasteiger partial charge on any atom is -0.350 e. The molecule has 0 aliphatic heterocycles. The molecule has 0 aliphatic rings. The van der Waals surface area contributed by atoms with Crippen molar-refractivity contribution in [3.05, 3.63) is 83.2 Å². The average Bonchev–Trinajstić information content (AvgIpc) is 2.66. The van der Waals surface area contributed by atoms with Crippen molar-refractivity contribution < 1.29 is 0 Å². The number of benzene rings is 1. The van der Waals surface area contributed by atoms with Crippen molar-refractivity contribution in [2.45, 2.75) is 6.54 Å². The molecule has 1 aromatic carbocycles. The van der Waals surface area contributed by atoms with Gasteiger partial charge in [0.05, 0.1) is 16.1 Å². The molecule has 4 rings (SSSR count). The number of fused-ring (bicyclic) bond motifs is 2. The summed E-state index contributed by atoms with van der Waals surface area (Å²) >= 11 is 11.9. The minimum absolute atomic E-state index is 0.107. The summed E-state index contributed by atoms with van der Waals surface area (Å²) in [6.45, 7) is -0.132. The van der Waals surface area contributed by atoms with E-state index in [1.54, 1.807) is 12.1 Å². The molecule has 0 fully saturated rings. The summed E-state index contributed by atoms with van der Waals surface area (Å²) in [5, 5.41) is 3.27. The van der Waals surface area contributed by atoms with Crippen LogP contribution in [0, 0.1) is 11.8 Å². The first-order chi connectivity index (χ1) is 13.5. The van der Waals surface area contributed by atoms with Crippen LogP contribution in [0.4, 0.5) is 0 Å². The maximum atomic E-state index is 12.8. The average molecular weight is 413 g/mol. The zero-order chi connectivity index (χ0) is 19.8. The van der Waals surface area contributed by atoms with Gasteiger partial charge in [0.25, 0.3) is 11.1 Å². The number of nitrogens with one attached hydrogen (secondary N) is 2. The number of hydrogen-bond donors (Lipinski definition) is 2. The fourth-order valence-electron chi connectivity index (χ4n) is 2.80. The summed E-state index contributed by atoms with van der Waals surface area (Å²) in [7, 11) is 0. The predicted molar refractivity (Wildman–Crippen MR) is 108 cm³/mol. The Morgan fingerprint density at radius 3 is 2.75 bits per heavy atom. The summed E-state index contributed by atoms with van der Waals surface area (Å²) in [4.78, 5) is 44.7. The van der Waals surface area contributed by atoms with Gasteiger partial charge in [0.2, 0.25) is 5.43 Å². The fourth-order valence-corrected chi connectivity index (χ4v) is 3.12. The van der Waals surface area contributed by atoms with Crippen LogP contribution in [-0.4, -0.2) is 19.7 Å². The third-order valence-electron chi connectivity index (χ3n) is 4.11. The Morgan fingerprint density at radius 2 is 1.96 bits per heavy atom. The normalized spacial score (nSPS) is 10.8. The predicted octanol–water partition coefficient (Wildman–Crippen LogP) is 2.28. The number of pyridine rings is 2. The number of halogens is 2. The van der Waals surface area contributed by atoms with Crippen LogP contribution in [0.3, 0.4) is 0 Å². The zero-order valence-electron chi connectivity index (χ0n) is 14.0. The molecule has 0 spiro atoms. The van der Waals surface area contributed by atoms with E-state index in [0.717, 1.165) is 4.68 Å². The molecule has 138 valence electrons. The summed E-state index contributed by atoms with van der Waals surface area (Å²) in [5.74, 6) is 5.52. The van der Waals surface area contributed by atoms with Gasteiger partial charge in [0.1, 0.15) is 17.4 Å². The van der Waals surface area contributed by atoms with E-state index in [1.165, 1.54) is 24.5 Å². The smallest absolute Gasteiger partial charge is 0.287 e. The largest absolute Gasteiger partial charge is 0.350 e. The molecule has 2 N–H and O–H groups in total. The van der Waals surface area contributed by atoms with Crippen LogP contribution < -0.4 is 16.5 Å². The van der Waals surface area contributed by atoms with Crippen molar-refractivity contribution in [2.75, 3.05) is 0 Å². The monoisotopic (exact) mass is 412 g/mol. The molecule has 0 saturated carbocycles. The van der Waals surface area contributed by atoms with Gasteiger partial charge in [-0.15, -0.1) is 0 Å². The maximum Gasteiger partial charge on any atom is 0.287 e. The van der Waals surface area contributed by atoms with E-state index in [1.807, 2.05) is 0 Å². The van der Waals surface area contributed by atoms with E-state index >= 15 is 0 Å². The van der Waals surface area contributed by atoms with Gasteiger partial charge in [-0.05, 0) is 24.3 Å². The number of nitrogens with zero attached hydrogens (tertiary/aromatic N) is 2. The summed E-state index contributed by atoms with van der Waals surface area (Å²) in [6.07, 6.45) is 3.02. The van der Waals surface area contributed by atoms with Gasteiger partial charge in [-0.1, -0.05) is 35.0 Å². The van der Waals surface area contributed by atoms with E-state index < -0.39 is 16.5 Å². The van der Waals surface area contributed by atoms with E-state index in [0.29, 0.717) is 21.1 Å². The molecule has 0 amide bonds. The van der Waals surface area contributed by atoms with Gasteiger partial charge in [0.15, 0.2) is 0 Å². The molecule has 9 heteroatoms. The number of hydrogen-bond acceptors (Lipinski definition) is 4. The number of aromatic nitrogens is 4. The van der Waals surface area contributed by atoms with Crippen LogP contribution in [0.5, 0.6) is 0 Å². The van der Waals surface area contributed by atoms with E-state index in [2.05, 4.69) is 26.9 Å². The van der Waals surface area contributed by atoms with Gasteiger partial charge >= 0.3 is 0 Å². The van der Waals surface area contributed by atoms with Gasteiger partial charge < -0.3 is 4.98 Å². The molecule has 0 saturated heterocycles. The maximum absolute atomic E-state index is 12.8. The lowest BCUT2D eigenvalue weighted by molar-refractivity contribution is 0.659. The highest BCUT2D eigenvalue weighted by atomic mass is 35.5. The van der Waals surface area contributed by atoms with Crippen molar-refractivity contribution in [1.29, 1.82) is 0 Å². The Bertz CT molecular complexity index is 1490. The van der Waals surface area contributed by atoms with Crippen molar-refractivity contribution in [1.82, 2.24) is 19.7 Å². The lowest BCUT2D eigenvalue weighted by Crippen LogP contribution is -2.33. The van der Waals surface area contributed by atoms with E-state index in [-0.39, 0.29) is 22.8 Å². The first kappa shape index (κ1) is 18.0. The van der Waals surface area contributed by atoms with Crippen molar-refractivity contribution >= 4 is 45.0 Å². The zero-order valence-corrected chi connectivity index (χ0v) is 15.6. The lowest BCUT2D eigenvalue weighted by Gasteiger charge is -2.05. The quantitative estimate of drug-likeness (QED) is 0.369. The second kappa shape index (κ2) is 7.00. The first-order valence-electron chi connectivity index (χ1n) is 8.02. The van der Waals surface area contributed by atoms with E-state index in [9.17, 15) is 14.4 Å². The lowest BCUT2D eigenvalue weighted by atomic mass is 10.1. The second-order valence-electron chi connectivity index (χ2n) is 5.88. The molecule has 0 unspecified atom stereocenters. The Morgan fingerprint density at radius 1 is 1.14 bits per heavy atom. The topological polar surface area (TPSA) is 101 Å². The first-order valence-corrected chi connectivity index (χ1v) is 8.78. The standard InChI is InChI=1S/C19H10Cl2N4O3/c20-11-3-4-12-14(8-11)23-16-15(17(12)26)19(28)25(24-18(16)27)7-1-2-10-9-22-6-5-13(10)21/h3-6,8-9H,7H2,(H,23,26)(H,24,27). The summed E-state index contributed by atoms with van der Waals surface area (Å²) < 4.78 is 0.985. The van der Waals surface area contributed by atoms with Crippen molar-refractivity contribution in [2.24, 2.45) is 0 Å². The van der Waals surface area contributed by atoms with Crippen LogP contribution in [0.15, 0.2) is 51.0 Å². The number of rotatable bonds is 1. The van der Waals surface area contributed by atoms with Gasteiger partial charge in [-0.2, -0.15) is 0 Å². The SMILES string of the molecule is O=c1[nH]n(CC#Cc2cnccc2Cl)c(=O)c2c(=O)c3ccc(Cl)cc3[nH]c12. The van der Waals surface area contributed by atoms with Crippen LogP contribution in [-0.2, 0) is 6.54 Å². The molecule has 3 aromatic heterocycles. The summed E-state index contributed by atoms with van der Waals surface area (Å²) in [5.41, 5.74) is -1.06. The van der Waals surface area contributed by atoms with Crippen LogP contribution in [0.2, 0.25) is 10.0 Å². The molecule has 0 radical (unpaired) electrons. The molecule has 7 nitrogen and oxygen atoms in total. The molecule has 0 bridgehead atoms. The Labute approximate surface area is 166 Å². The van der Waals surface area contributed by atoms with Crippen LogP contribution in [0.25, 0.3) is 21.8 Å². The number of H-pyrrole nitrogens is 2. The Hall–Kier alpha value is -3.34. The molecular weight excluding hydrogens is 403 g/mol. The van der Waals surface area contributed by atoms with Crippen molar-refractivity contribution in [3.8, 4) is 11.8 Å².